The summed E-state index contributed by atoms with van der Waals surface area (Å²) in [6, 6.07) is 3.89. The SMILES string of the molecule is C=CCNC(=NCCc1ccco1)N(C)CC1CCOCC1.I. The smallest absolute Gasteiger partial charge is 0.193 e. The molecule has 0 spiro atoms. The van der Waals surface area contributed by atoms with E-state index >= 15 is 0 Å². The van der Waals surface area contributed by atoms with Crippen molar-refractivity contribution in [3.63, 3.8) is 0 Å². The molecule has 2 rings (SSSR count). The van der Waals surface area contributed by atoms with E-state index in [1.54, 1.807) is 6.26 Å². The molecule has 5 nitrogen and oxygen atoms in total. The average Bonchev–Trinajstić information content (AvgIpc) is 3.05. The maximum Gasteiger partial charge on any atom is 0.193 e. The molecule has 6 heteroatoms. The normalized spacial score (nSPS) is 15.8. The van der Waals surface area contributed by atoms with Crippen LogP contribution in [0.4, 0.5) is 0 Å². The molecule has 130 valence electrons. The van der Waals surface area contributed by atoms with Crippen molar-refractivity contribution in [2.24, 2.45) is 10.9 Å². The minimum absolute atomic E-state index is 0. The maximum atomic E-state index is 5.42. The van der Waals surface area contributed by atoms with Crippen molar-refractivity contribution in [2.45, 2.75) is 19.3 Å². The third-order valence-corrected chi connectivity index (χ3v) is 3.84. The Morgan fingerprint density at radius 1 is 1.48 bits per heavy atom. The third kappa shape index (κ3) is 7.39. The van der Waals surface area contributed by atoms with Crippen molar-refractivity contribution in [1.29, 1.82) is 0 Å². The van der Waals surface area contributed by atoms with E-state index in [9.17, 15) is 0 Å². The number of nitrogens with one attached hydrogen (secondary N) is 1. The highest BCUT2D eigenvalue weighted by molar-refractivity contribution is 14.0. The van der Waals surface area contributed by atoms with Crippen LogP contribution in [0.2, 0.25) is 0 Å². The van der Waals surface area contributed by atoms with E-state index in [0.717, 1.165) is 57.3 Å². The molecular formula is C17H28IN3O2. The van der Waals surface area contributed by atoms with Gasteiger partial charge in [0.2, 0.25) is 0 Å². The molecule has 1 saturated heterocycles. The molecule has 1 aromatic heterocycles. The molecule has 23 heavy (non-hydrogen) atoms. The minimum atomic E-state index is 0. The van der Waals surface area contributed by atoms with Crippen LogP contribution in [-0.2, 0) is 11.2 Å². The summed E-state index contributed by atoms with van der Waals surface area (Å²) in [4.78, 5) is 6.90. The number of aliphatic imine (C=N–C) groups is 1. The largest absolute Gasteiger partial charge is 0.469 e. The van der Waals surface area contributed by atoms with E-state index in [-0.39, 0.29) is 24.0 Å². The van der Waals surface area contributed by atoms with Crippen LogP contribution in [0.5, 0.6) is 0 Å². The Hall–Kier alpha value is -1.02. The fourth-order valence-corrected chi connectivity index (χ4v) is 2.60. The predicted molar refractivity (Wildman–Crippen MR) is 105 cm³/mol. The Kier molecular flexibility index (Phi) is 10.0. The van der Waals surface area contributed by atoms with Gasteiger partial charge in [-0.05, 0) is 30.9 Å². The molecule has 1 aromatic rings. The molecule has 0 aromatic carbocycles. The topological polar surface area (TPSA) is 50.0 Å². The summed E-state index contributed by atoms with van der Waals surface area (Å²) in [5.41, 5.74) is 0. The molecule has 1 aliphatic heterocycles. The van der Waals surface area contributed by atoms with Gasteiger partial charge in [-0.15, -0.1) is 30.6 Å². The predicted octanol–water partition coefficient (Wildman–Crippen LogP) is 2.93. The first-order valence-electron chi connectivity index (χ1n) is 8.00. The molecule has 0 amide bonds. The summed E-state index contributed by atoms with van der Waals surface area (Å²) in [5, 5.41) is 3.33. The molecule has 1 N–H and O–H groups in total. The third-order valence-electron chi connectivity index (χ3n) is 3.84. The zero-order valence-electron chi connectivity index (χ0n) is 13.9. The number of ether oxygens (including phenoxy) is 1. The highest BCUT2D eigenvalue weighted by Crippen LogP contribution is 2.15. The number of halogens is 1. The van der Waals surface area contributed by atoms with E-state index in [2.05, 4.69) is 23.8 Å². The van der Waals surface area contributed by atoms with Gasteiger partial charge in [0.05, 0.1) is 6.26 Å². The number of hydrogen-bond donors (Lipinski definition) is 1. The van der Waals surface area contributed by atoms with Gasteiger partial charge in [-0.3, -0.25) is 4.99 Å². The standard InChI is InChI=1S/C17H27N3O2.HI/c1-3-9-18-17(19-10-6-16-5-4-11-22-16)20(2)14-15-7-12-21-13-8-15;/h3-5,11,15H,1,6-10,12-14H2,2H3,(H,18,19);1H. The summed E-state index contributed by atoms with van der Waals surface area (Å²) in [6.45, 7) is 7.96. The highest BCUT2D eigenvalue weighted by atomic mass is 127. The van der Waals surface area contributed by atoms with Crippen LogP contribution >= 0.6 is 24.0 Å². The first kappa shape index (κ1) is 20.0. The number of rotatable bonds is 7. The second-order valence-corrected chi connectivity index (χ2v) is 5.64. The Morgan fingerprint density at radius 2 is 2.26 bits per heavy atom. The summed E-state index contributed by atoms with van der Waals surface area (Å²) >= 11 is 0. The second kappa shape index (κ2) is 11.5. The first-order valence-corrected chi connectivity index (χ1v) is 8.00. The van der Waals surface area contributed by atoms with Crippen LogP contribution in [0, 0.1) is 5.92 Å². The van der Waals surface area contributed by atoms with Crippen molar-refractivity contribution in [2.75, 3.05) is 39.9 Å². The molecule has 0 unspecified atom stereocenters. The zero-order chi connectivity index (χ0) is 15.6. The molecule has 0 aliphatic carbocycles. The molecule has 2 heterocycles. The lowest BCUT2D eigenvalue weighted by Crippen LogP contribution is -2.42. The van der Waals surface area contributed by atoms with Crippen LogP contribution in [0.25, 0.3) is 0 Å². The van der Waals surface area contributed by atoms with E-state index in [4.69, 9.17) is 14.1 Å². The molecule has 1 aliphatic rings. The molecule has 0 saturated carbocycles. The molecule has 0 radical (unpaired) electrons. The monoisotopic (exact) mass is 433 g/mol. The maximum absolute atomic E-state index is 5.42. The van der Waals surface area contributed by atoms with Crippen LogP contribution in [-0.4, -0.2) is 50.8 Å². The Morgan fingerprint density at radius 3 is 2.91 bits per heavy atom. The van der Waals surface area contributed by atoms with Gasteiger partial charge < -0.3 is 19.4 Å². The summed E-state index contributed by atoms with van der Waals surface area (Å²) in [5.74, 6) is 2.58. The first-order chi connectivity index (χ1) is 10.8. The van der Waals surface area contributed by atoms with Crippen molar-refractivity contribution in [3.8, 4) is 0 Å². The zero-order valence-corrected chi connectivity index (χ0v) is 16.2. The van der Waals surface area contributed by atoms with Crippen LogP contribution < -0.4 is 5.32 Å². The van der Waals surface area contributed by atoms with Gasteiger partial charge in [-0.1, -0.05) is 6.08 Å². The summed E-state index contributed by atoms with van der Waals surface area (Å²) in [6.07, 6.45) is 6.63. The summed E-state index contributed by atoms with van der Waals surface area (Å²) in [7, 11) is 2.09. The Labute approximate surface area is 156 Å². The fraction of sp³-hybridized carbons (Fsp3) is 0.588. The lowest BCUT2D eigenvalue weighted by Gasteiger charge is -2.29. The van der Waals surface area contributed by atoms with Gasteiger partial charge in [0.25, 0.3) is 0 Å². The quantitative estimate of drug-likeness (QED) is 0.311. The van der Waals surface area contributed by atoms with Crippen molar-refractivity contribution in [3.05, 3.63) is 36.8 Å². The van der Waals surface area contributed by atoms with Crippen LogP contribution in [0.15, 0.2) is 40.5 Å². The van der Waals surface area contributed by atoms with Gasteiger partial charge in [0, 0.05) is 46.3 Å². The van der Waals surface area contributed by atoms with E-state index in [0.29, 0.717) is 12.5 Å². The Balaban J connectivity index is 0.00000264. The molecular weight excluding hydrogens is 405 g/mol. The van der Waals surface area contributed by atoms with Crippen molar-refractivity contribution in [1.82, 2.24) is 10.2 Å². The van der Waals surface area contributed by atoms with Gasteiger partial charge in [-0.25, -0.2) is 0 Å². The summed E-state index contributed by atoms with van der Waals surface area (Å²) < 4.78 is 10.8. The number of hydrogen-bond acceptors (Lipinski definition) is 3. The van der Waals surface area contributed by atoms with Crippen molar-refractivity contribution >= 4 is 29.9 Å². The number of guanidine groups is 1. The van der Waals surface area contributed by atoms with Crippen LogP contribution in [0.3, 0.4) is 0 Å². The lowest BCUT2D eigenvalue weighted by atomic mass is 10.00. The van der Waals surface area contributed by atoms with Gasteiger partial charge in [0.15, 0.2) is 5.96 Å². The molecule has 1 fully saturated rings. The van der Waals surface area contributed by atoms with E-state index < -0.39 is 0 Å². The highest BCUT2D eigenvalue weighted by Gasteiger charge is 2.17. The van der Waals surface area contributed by atoms with Gasteiger partial charge in [0.1, 0.15) is 5.76 Å². The van der Waals surface area contributed by atoms with Crippen LogP contribution in [0.1, 0.15) is 18.6 Å². The number of nitrogens with zero attached hydrogens (tertiary/aromatic N) is 2. The molecule has 0 atom stereocenters. The number of furan rings is 1. The van der Waals surface area contributed by atoms with Crippen molar-refractivity contribution < 1.29 is 9.15 Å². The lowest BCUT2D eigenvalue weighted by molar-refractivity contribution is 0.0610. The van der Waals surface area contributed by atoms with E-state index in [1.165, 1.54) is 0 Å². The van der Waals surface area contributed by atoms with Gasteiger partial charge >= 0.3 is 0 Å². The second-order valence-electron chi connectivity index (χ2n) is 5.64. The van der Waals surface area contributed by atoms with E-state index in [1.807, 2.05) is 18.2 Å². The average molecular weight is 433 g/mol. The van der Waals surface area contributed by atoms with Gasteiger partial charge in [-0.2, -0.15) is 0 Å². The fourth-order valence-electron chi connectivity index (χ4n) is 2.60. The molecule has 0 bridgehead atoms. The Bertz CT molecular complexity index is 456. The minimum Gasteiger partial charge on any atom is -0.469 e.